The summed E-state index contributed by atoms with van der Waals surface area (Å²) in [5, 5.41) is 2.04. The molecule has 1 amide bonds. The molecule has 2 N–H and O–H groups in total. The Kier molecular flexibility index (Phi) is 4.93. The Morgan fingerprint density at radius 2 is 2.18 bits per heavy atom. The zero-order valence-corrected chi connectivity index (χ0v) is 14.7. The number of nitrogens with zero attached hydrogens (tertiary/aromatic N) is 1. The molecule has 1 fully saturated rings. The predicted octanol–water partition coefficient (Wildman–Crippen LogP) is 2.93. The average molecular weight is 380 g/mol. The molecular formula is C16H18BrN3OS. The van der Waals surface area contributed by atoms with Crippen LogP contribution in [0.25, 0.3) is 0 Å². The van der Waals surface area contributed by atoms with Crippen LogP contribution in [0.3, 0.4) is 0 Å². The van der Waals surface area contributed by atoms with E-state index in [0.717, 1.165) is 10.0 Å². The van der Waals surface area contributed by atoms with Gasteiger partial charge in [-0.2, -0.15) is 0 Å². The fourth-order valence-electron chi connectivity index (χ4n) is 2.73. The monoisotopic (exact) mass is 379 g/mol. The highest BCUT2D eigenvalue weighted by molar-refractivity contribution is 9.10. The average Bonchev–Trinajstić information content (AvgIpc) is 3.16. The van der Waals surface area contributed by atoms with Gasteiger partial charge in [0.1, 0.15) is 0 Å². The van der Waals surface area contributed by atoms with Crippen LogP contribution in [-0.2, 0) is 11.3 Å². The van der Waals surface area contributed by atoms with Crippen molar-refractivity contribution in [2.75, 3.05) is 13.6 Å². The number of thiophene rings is 1. The summed E-state index contributed by atoms with van der Waals surface area (Å²) in [6.45, 7) is 1.30. The van der Waals surface area contributed by atoms with Crippen LogP contribution in [0.2, 0.25) is 0 Å². The van der Waals surface area contributed by atoms with Crippen LogP contribution in [0.15, 0.2) is 46.3 Å². The zero-order valence-electron chi connectivity index (χ0n) is 12.3. The topological polar surface area (TPSA) is 44.4 Å². The molecule has 6 heteroatoms. The van der Waals surface area contributed by atoms with Crippen molar-refractivity contribution in [1.29, 1.82) is 0 Å². The first kappa shape index (κ1) is 15.7. The van der Waals surface area contributed by atoms with Crippen LogP contribution < -0.4 is 10.9 Å². The Labute approximate surface area is 142 Å². The summed E-state index contributed by atoms with van der Waals surface area (Å²) in [5.74, 6) is 0.0756. The van der Waals surface area contributed by atoms with E-state index in [0.29, 0.717) is 13.1 Å². The zero-order chi connectivity index (χ0) is 15.5. The highest BCUT2D eigenvalue weighted by Crippen LogP contribution is 2.27. The number of carbonyl (C=O) groups is 1. The van der Waals surface area contributed by atoms with Crippen molar-refractivity contribution in [3.8, 4) is 0 Å². The smallest absolute Gasteiger partial charge is 0.229 e. The Bertz CT molecular complexity index is 646. The van der Waals surface area contributed by atoms with Gasteiger partial charge in [0.15, 0.2) is 0 Å². The summed E-state index contributed by atoms with van der Waals surface area (Å²) >= 11 is 5.12. The van der Waals surface area contributed by atoms with Crippen LogP contribution in [-0.4, -0.2) is 24.4 Å². The molecule has 1 aliphatic rings. The van der Waals surface area contributed by atoms with Gasteiger partial charge in [-0.05, 0) is 27.6 Å². The van der Waals surface area contributed by atoms with Gasteiger partial charge in [-0.3, -0.25) is 10.2 Å². The molecular weight excluding hydrogens is 362 g/mol. The van der Waals surface area contributed by atoms with Crippen LogP contribution in [0.1, 0.15) is 16.5 Å². The van der Waals surface area contributed by atoms with Crippen molar-refractivity contribution in [2.24, 2.45) is 5.92 Å². The SMILES string of the molecule is CN(Cc1cc(Br)cs1)C(=O)C1CNNC1c1ccccc1. The van der Waals surface area contributed by atoms with E-state index in [1.165, 1.54) is 4.88 Å². The molecule has 22 heavy (non-hydrogen) atoms. The number of amides is 1. The molecule has 0 bridgehead atoms. The van der Waals surface area contributed by atoms with E-state index < -0.39 is 0 Å². The number of nitrogens with one attached hydrogen (secondary N) is 2. The number of rotatable bonds is 4. The lowest BCUT2D eigenvalue weighted by Crippen LogP contribution is -2.36. The maximum absolute atomic E-state index is 12.8. The summed E-state index contributed by atoms with van der Waals surface area (Å²) in [6, 6.07) is 12.2. The summed E-state index contributed by atoms with van der Waals surface area (Å²) in [6.07, 6.45) is 0. The van der Waals surface area contributed by atoms with Crippen molar-refractivity contribution in [3.63, 3.8) is 0 Å². The maximum atomic E-state index is 12.8. The highest BCUT2D eigenvalue weighted by atomic mass is 79.9. The minimum atomic E-state index is -0.0872. The first-order valence-corrected chi connectivity index (χ1v) is 8.83. The molecule has 3 rings (SSSR count). The van der Waals surface area contributed by atoms with E-state index in [-0.39, 0.29) is 17.9 Å². The lowest BCUT2D eigenvalue weighted by Gasteiger charge is -2.24. The van der Waals surface area contributed by atoms with Gasteiger partial charge in [-0.1, -0.05) is 30.3 Å². The predicted molar refractivity (Wildman–Crippen MR) is 92.3 cm³/mol. The molecule has 1 aromatic carbocycles. The van der Waals surface area contributed by atoms with Gasteiger partial charge in [-0.15, -0.1) is 11.3 Å². The molecule has 2 atom stereocenters. The Balaban J connectivity index is 1.70. The molecule has 1 saturated heterocycles. The number of hydrazine groups is 1. The van der Waals surface area contributed by atoms with Gasteiger partial charge in [0.25, 0.3) is 0 Å². The third-order valence-electron chi connectivity index (χ3n) is 3.85. The van der Waals surface area contributed by atoms with Crippen molar-refractivity contribution in [3.05, 3.63) is 56.7 Å². The third-order valence-corrected chi connectivity index (χ3v) is 5.53. The maximum Gasteiger partial charge on any atom is 0.229 e. The minimum Gasteiger partial charge on any atom is -0.340 e. The standard InChI is InChI=1S/C16H18BrN3OS/c1-20(9-13-7-12(17)10-22-13)16(21)14-8-18-19-15(14)11-5-3-2-4-6-11/h2-7,10,14-15,18-19H,8-9H2,1H3. The molecule has 2 unspecified atom stereocenters. The van der Waals surface area contributed by atoms with Gasteiger partial charge in [-0.25, -0.2) is 5.43 Å². The normalized spacial score (nSPS) is 21.0. The highest BCUT2D eigenvalue weighted by Gasteiger charge is 2.35. The second kappa shape index (κ2) is 6.91. The molecule has 0 radical (unpaired) electrons. The minimum absolute atomic E-state index is 0.0196. The molecule has 0 spiro atoms. The van der Waals surface area contributed by atoms with E-state index in [2.05, 4.69) is 45.0 Å². The van der Waals surface area contributed by atoms with Gasteiger partial charge >= 0.3 is 0 Å². The van der Waals surface area contributed by atoms with Crippen LogP contribution in [0.4, 0.5) is 0 Å². The van der Waals surface area contributed by atoms with Gasteiger partial charge in [0.2, 0.25) is 5.91 Å². The van der Waals surface area contributed by atoms with Crippen molar-refractivity contribution in [1.82, 2.24) is 15.8 Å². The van der Waals surface area contributed by atoms with Crippen molar-refractivity contribution < 1.29 is 4.79 Å². The Morgan fingerprint density at radius 1 is 1.41 bits per heavy atom. The van der Waals surface area contributed by atoms with Crippen molar-refractivity contribution in [2.45, 2.75) is 12.6 Å². The van der Waals surface area contributed by atoms with Gasteiger partial charge < -0.3 is 4.90 Å². The Hall–Kier alpha value is -1.21. The molecule has 116 valence electrons. The number of hydrogen-bond acceptors (Lipinski definition) is 4. The quantitative estimate of drug-likeness (QED) is 0.858. The van der Waals surface area contributed by atoms with Gasteiger partial charge in [0, 0.05) is 28.3 Å². The second-order valence-electron chi connectivity index (χ2n) is 5.45. The van der Waals surface area contributed by atoms with Gasteiger partial charge in [0.05, 0.1) is 18.5 Å². The van der Waals surface area contributed by atoms with E-state index in [1.54, 1.807) is 11.3 Å². The van der Waals surface area contributed by atoms with Crippen LogP contribution in [0.5, 0.6) is 0 Å². The fraction of sp³-hybridized carbons (Fsp3) is 0.312. The number of halogens is 1. The molecule has 0 aliphatic carbocycles. The molecule has 1 aromatic heterocycles. The summed E-state index contributed by atoms with van der Waals surface area (Å²) in [4.78, 5) is 15.8. The Morgan fingerprint density at radius 3 is 2.86 bits per heavy atom. The fourth-order valence-corrected chi connectivity index (χ4v) is 4.24. The second-order valence-corrected chi connectivity index (χ2v) is 7.36. The summed E-state index contributed by atoms with van der Waals surface area (Å²) < 4.78 is 1.07. The lowest BCUT2D eigenvalue weighted by molar-refractivity contribution is -0.134. The van der Waals surface area contributed by atoms with E-state index >= 15 is 0 Å². The molecule has 4 nitrogen and oxygen atoms in total. The molecule has 0 saturated carbocycles. The van der Waals surface area contributed by atoms with E-state index in [1.807, 2.05) is 35.5 Å². The molecule has 1 aliphatic heterocycles. The number of hydrogen-bond donors (Lipinski definition) is 2. The molecule has 2 aromatic rings. The van der Waals surface area contributed by atoms with Crippen molar-refractivity contribution >= 4 is 33.2 Å². The number of benzene rings is 1. The van der Waals surface area contributed by atoms with E-state index in [9.17, 15) is 4.79 Å². The van der Waals surface area contributed by atoms with Crippen LogP contribution in [0, 0.1) is 5.92 Å². The largest absolute Gasteiger partial charge is 0.340 e. The summed E-state index contributed by atoms with van der Waals surface area (Å²) in [5.41, 5.74) is 7.48. The summed E-state index contributed by atoms with van der Waals surface area (Å²) in [7, 11) is 1.87. The third kappa shape index (κ3) is 3.41. The number of carbonyl (C=O) groups excluding carboxylic acids is 1. The molecule has 2 heterocycles. The lowest BCUT2D eigenvalue weighted by atomic mass is 9.94. The van der Waals surface area contributed by atoms with E-state index in [4.69, 9.17) is 0 Å². The first-order valence-electron chi connectivity index (χ1n) is 7.16. The van der Waals surface area contributed by atoms with Crippen LogP contribution >= 0.6 is 27.3 Å². The first-order chi connectivity index (χ1) is 10.6.